The zero-order valence-corrected chi connectivity index (χ0v) is 14.7. The van der Waals surface area contributed by atoms with E-state index in [2.05, 4.69) is 0 Å². The molecule has 0 saturated carbocycles. The van der Waals surface area contributed by atoms with Crippen LogP contribution in [0.2, 0.25) is 0 Å². The predicted molar refractivity (Wildman–Crippen MR) is 97.0 cm³/mol. The average Bonchev–Trinajstić information content (AvgIpc) is 2.60. The summed E-state index contributed by atoms with van der Waals surface area (Å²) in [7, 11) is 1.22. The third kappa shape index (κ3) is 2.66. The molecular formula is C18H15NO5S. The summed E-state index contributed by atoms with van der Waals surface area (Å²) in [6, 6.07) is 10.1. The van der Waals surface area contributed by atoms with Gasteiger partial charge in [0.1, 0.15) is 0 Å². The number of hydrogen-bond donors (Lipinski definition) is 0. The molecule has 0 bridgehead atoms. The van der Waals surface area contributed by atoms with Crippen molar-refractivity contribution in [3.8, 4) is 0 Å². The quantitative estimate of drug-likeness (QED) is 0.309. The maximum absolute atomic E-state index is 12.9. The van der Waals surface area contributed by atoms with Crippen LogP contribution in [0.15, 0.2) is 41.2 Å². The van der Waals surface area contributed by atoms with Crippen LogP contribution in [0.5, 0.6) is 0 Å². The number of carbonyl (C=O) groups is 1. The second kappa shape index (κ2) is 5.93. The van der Waals surface area contributed by atoms with E-state index in [4.69, 9.17) is 4.74 Å². The second-order valence-corrected chi connectivity index (χ2v) is 7.22. The number of methoxy groups -OCH3 is 1. The van der Waals surface area contributed by atoms with Gasteiger partial charge in [-0.05, 0) is 24.3 Å². The summed E-state index contributed by atoms with van der Waals surface area (Å²) in [4.78, 5) is 36.1. The van der Waals surface area contributed by atoms with E-state index >= 15 is 0 Å². The molecule has 0 N–H and O–H groups in total. The van der Waals surface area contributed by atoms with Gasteiger partial charge in [0, 0.05) is 39.1 Å². The Labute approximate surface area is 146 Å². The van der Waals surface area contributed by atoms with Gasteiger partial charge < -0.3 is 4.74 Å². The smallest absolute Gasteiger partial charge is 0.338 e. The third-order valence-corrected chi connectivity index (χ3v) is 5.37. The van der Waals surface area contributed by atoms with Crippen molar-refractivity contribution in [1.29, 1.82) is 0 Å². The number of ether oxygens (including phenoxy) is 1. The highest BCUT2D eigenvalue weighted by Crippen LogP contribution is 2.33. The fourth-order valence-corrected chi connectivity index (χ4v) is 3.80. The normalized spacial score (nSPS) is 11.6. The van der Waals surface area contributed by atoms with Crippen molar-refractivity contribution in [1.82, 2.24) is 0 Å². The Morgan fingerprint density at radius 2 is 1.88 bits per heavy atom. The summed E-state index contributed by atoms with van der Waals surface area (Å²) in [5.74, 6) is -0.689. The number of nitro groups is 1. The largest absolute Gasteiger partial charge is 0.465 e. The van der Waals surface area contributed by atoms with Gasteiger partial charge in [-0.25, -0.2) is 4.79 Å². The molecule has 0 spiro atoms. The molecule has 0 saturated heterocycles. The Morgan fingerprint density at radius 3 is 2.52 bits per heavy atom. The molecule has 0 amide bonds. The van der Waals surface area contributed by atoms with Crippen LogP contribution in [0.3, 0.4) is 0 Å². The van der Waals surface area contributed by atoms with Gasteiger partial charge in [-0.15, -0.1) is 11.3 Å². The molecule has 7 heteroatoms. The van der Waals surface area contributed by atoms with Crippen LogP contribution in [0.25, 0.3) is 20.2 Å². The molecule has 0 fully saturated rings. The average molecular weight is 357 g/mol. The van der Waals surface area contributed by atoms with Crippen molar-refractivity contribution in [3.05, 3.63) is 67.9 Å². The molecule has 128 valence electrons. The van der Waals surface area contributed by atoms with Crippen molar-refractivity contribution in [2.75, 3.05) is 7.11 Å². The number of nitrogens with zero attached hydrogens (tertiary/aromatic N) is 1. The van der Waals surface area contributed by atoms with E-state index in [9.17, 15) is 19.7 Å². The first-order valence-corrected chi connectivity index (χ1v) is 8.32. The van der Waals surface area contributed by atoms with E-state index in [1.54, 1.807) is 18.2 Å². The first-order chi connectivity index (χ1) is 11.8. The standard InChI is InChI=1S/C18H15NO5S/c1-18(2,19(22)23)10-8-12(17(21)24-3)15-14(9-10)25-13-7-5-4-6-11(13)16(15)20/h4-9H,1-3H3. The molecule has 0 unspecified atom stereocenters. The van der Waals surface area contributed by atoms with Gasteiger partial charge in [0.2, 0.25) is 5.54 Å². The van der Waals surface area contributed by atoms with Crippen LogP contribution in [-0.4, -0.2) is 18.0 Å². The van der Waals surface area contributed by atoms with Crippen molar-refractivity contribution in [2.45, 2.75) is 19.4 Å². The maximum atomic E-state index is 12.9. The van der Waals surface area contributed by atoms with Crippen LogP contribution in [-0.2, 0) is 10.3 Å². The third-order valence-electron chi connectivity index (χ3n) is 4.25. The molecule has 1 heterocycles. The van der Waals surface area contributed by atoms with Gasteiger partial charge in [-0.1, -0.05) is 12.1 Å². The fraction of sp³-hybridized carbons (Fsp3) is 0.222. The van der Waals surface area contributed by atoms with E-state index in [0.29, 0.717) is 15.6 Å². The Morgan fingerprint density at radius 1 is 1.20 bits per heavy atom. The minimum Gasteiger partial charge on any atom is -0.465 e. The molecule has 0 aliphatic heterocycles. The number of hydrogen-bond acceptors (Lipinski definition) is 6. The SMILES string of the molecule is COC(=O)c1cc(C(C)(C)[N+](=O)[O-])cc2sc3ccccc3c(=O)c12. The Bertz CT molecular complexity index is 1080. The highest BCUT2D eigenvalue weighted by atomic mass is 32.1. The lowest BCUT2D eigenvalue weighted by Gasteiger charge is -2.18. The molecule has 3 aromatic rings. The minimum atomic E-state index is -1.40. The summed E-state index contributed by atoms with van der Waals surface area (Å²) in [6.45, 7) is 2.91. The van der Waals surface area contributed by atoms with E-state index < -0.39 is 16.4 Å². The number of fused-ring (bicyclic) bond motifs is 2. The first kappa shape index (κ1) is 17.0. The van der Waals surface area contributed by atoms with Gasteiger partial charge in [0.25, 0.3) is 0 Å². The molecule has 0 radical (unpaired) electrons. The first-order valence-electron chi connectivity index (χ1n) is 7.50. The molecule has 0 atom stereocenters. The monoisotopic (exact) mass is 357 g/mol. The van der Waals surface area contributed by atoms with Gasteiger partial charge in [0.15, 0.2) is 5.43 Å². The zero-order valence-electron chi connectivity index (χ0n) is 13.9. The molecule has 3 rings (SSSR count). The molecule has 1 aromatic heterocycles. The summed E-state index contributed by atoms with van der Waals surface area (Å²) in [6.07, 6.45) is 0. The highest BCUT2D eigenvalue weighted by molar-refractivity contribution is 7.24. The van der Waals surface area contributed by atoms with Crippen molar-refractivity contribution >= 4 is 37.5 Å². The predicted octanol–water partition coefficient (Wildman–Crippen LogP) is 3.71. The molecular weight excluding hydrogens is 342 g/mol. The van der Waals surface area contributed by atoms with E-state index in [-0.39, 0.29) is 16.4 Å². The van der Waals surface area contributed by atoms with E-state index in [1.165, 1.54) is 38.4 Å². The number of esters is 1. The van der Waals surface area contributed by atoms with E-state index in [1.807, 2.05) is 12.1 Å². The summed E-state index contributed by atoms with van der Waals surface area (Å²) in [5, 5.41) is 12.2. The topological polar surface area (TPSA) is 86.5 Å². The molecule has 0 aliphatic rings. The van der Waals surface area contributed by atoms with Crippen LogP contribution >= 0.6 is 11.3 Å². The van der Waals surface area contributed by atoms with Gasteiger partial charge >= 0.3 is 5.97 Å². The van der Waals surface area contributed by atoms with Crippen LogP contribution in [0.4, 0.5) is 0 Å². The van der Waals surface area contributed by atoms with Crippen molar-refractivity contribution in [2.24, 2.45) is 0 Å². The summed E-state index contributed by atoms with van der Waals surface area (Å²) in [5.41, 5.74) is -1.29. The summed E-state index contributed by atoms with van der Waals surface area (Å²) >= 11 is 1.32. The van der Waals surface area contributed by atoms with Crippen molar-refractivity contribution < 1.29 is 14.5 Å². The molecule has 0 aliphatic carbocycles. The molecule has 25 heavy (non-hydrogen) atoms. The fourth-order valence-electron chi connectivity index (χ4n) is 2.66. The molecule has 2 aromatic carbocycles. The minimum absolute atomic E-state index is 0.0527. The van der Waals surface area contributed by atoms with Crippen LogP contribution in [0.1, 0.15) is 29.8 Å². The number of benzene rings is 2. The summed E-state index contributed by atoms with van der Waals surface area (Å²) < 4.78 is 6.08. The second-order valence-electron chi connectivity index (χ2n) is 6.13. The van der Waals surface area contributed by atoms with Crippen LogP contribution < -0.4 is 5.43 Å². The molecule has 6 nitrogen and oxygen atoms in total. The lowest BCUT2D eigenvalue weighted by molar-refractivity contribution is -0.569. The highest BCUT2D eigenvalue weighted by Gasteiger charge is 2.35. The van der Waals surface area contributed by atoms with E-state index in [0.717, 1.165) is 4.70 Å². The van der Waals surface area contributed by atoms with Crippen LogP contribution in [0, 0.1) is 10.1 Å². The van der Waals surface area contributed by atoms with Gasteiger partial charge in [-0.3, -0.25) is 14.9 Å². The zero-order chi connectivity index (χ0) is 18.4. The number of carbonyl (C=O) groups excluding carboxylic acids is 1. The van der Waals surface area contributed by atoms with Crippen molar-refractivity contribution in [3.63, 3.8) is 0 Å². The Balaban J connectivity index is 2.50. The lowest BCUT2D eigenvalue weighted by Crippen LogP contribution is -2.28. The van der Waals surface area contributed by atoms with Gasteiger partial charge in [0.05, 0.1) is 18.1 Å². The maximum Gasteiger partial charge on any atom is 0.338 e. The number of rotatable bonds is 3. The lowest BCUT2D eigenvalue weighted by atomic mass is 9.92. The Hall–Kier alpha value is -2.80. The van der Waals surface area contributed by atoms with Gasteiger partial charge in [-0.2, -0.15) is 0 Å². The Kier molecular flexibility index (Phi) is 4.04.